The summed E-state index contributed by atoms with van der Waals surface area (Å²) in [5, 5.41) is 5.50. The van der Waals surface area contributed by atoms with Crippen molar-refractivity contribution in [2.24, 2.45) is 5.92 Å². The van der Waals surface area contributed by atoms with Crippen LogP contribution in [0.3, 0.4) is 0 Å². The van der Waals surface area contributed by atoms with E-state index in [-0.39, 0.29) is 40.9 Å². The van der Waals surface area contributed by atoms with Crippen LogP contribution < -0.4 is 16.2 Å². The molecular weight excluding hydrogens is 384 g/mol. The van der Waals surface area contributed by atoms with Crippen LogP contribution in [-0.4, -0.2) is 53.8 Å². The number of carbonyl (C=O) groups is 2. The lowest BCUT2D eigenvalue weighted by Crippen LogP contribution is -2.52. The fourth-order valence-electron chi connectivity index (χ4n) is 4.00. The molecule has 2 atom stereocenters. The monoisotopic (exact) mass is 410 g/mol. The standard InChI is InChI=1S/C18H26N4O5S/c1-10-13(18(25)20-11(2)19-10)7-16(23)21-14-8-28(26,27)9-15(14)22-17(24)12-5-3-4-6-12/h12,14-15H,3-9H2,1-2H3,(H,21,23)(H,22,24)(H,19,20,25)/t14-,15-/m1/s1. The first kappa shape index (κ1) is 20.5. The van der Waals surface area contributed by atoms with Crippen LogP contribution in [0.5, 0.6) is 0 Å². The van der Waals surface area contributed by atoms with E-state index in [2.05, 4.69) is 20.6 Å². The largest absolute Gasteiger partial charge is 0.350 e. The smallest absolute Gasteiger partial charge is 0.254 e. The van der Waals surface area contributed by atoms with Gasteiger partial charge in [-0.3, -0.25) is 14.4 Å². The zero-order valence-electron chi connectivity index (χ0n) is 16.1. The highest BCUT2D eigenvalue weighted by molar-refractivity contribution is 7.91. The summed E-state index contributed by atoms with van der Waals surface area (Å²) in [5.74, 6) is -0.657. The van der Waals surface area contributed by atoms with Gasteiger partial charge in [-0.25, -0.2) is 13.4 Å². The van der Waals surface area contributed by atoms with Gasteiger partial charge in [-0.05, 0) is 26.7 Å². The minimum atomic E-state index is -3.36. The first-order chi connectivity index (χ1) is 13.1. The molecule has 0 bridgehead atoms. The molecular formula is C18H26N4O5S. The second kappa shape index (κ2) is 8.02. The molecule has 1 aromatic rings. The maximum Gasteiger partial charge on any atom is 0.254 e. The van der Waals surface area contributed by atoms with Gasteiger partial charge in [0.1, 0.15) is 5.82 Å². The molecule has 28 heavy (non-hydrogen) atoms. The fraction of sp³-hybridized carbons (Fsp3) is 0.667. The van der Waals surface area contributed by atoms with Gasteiger partial charge in [0.2, 0.25) is 11.8 Å². The molecule has 0 spiro atoms. The summed E-state index contributed by atoms with van der Waals surface area (Å²) < 4.78 is 24.1. The quantitative estimate of drug-likeness (QED) is 0.599. The van der Waals surface area contributed by atoms with Crippen molar-refractivity contribution < 1.29 is 18.0 Å². The number of amides is 2. The number of carbonyl (C=O) groups excluding carboxylic acids is 2. The Morgan fingerprint density at radius 2 is 1.71 bits per heavy atom. The van der Waals surface area contributed by atoms with Crippen molar-refractivity contribution in [1.82, 2.24) is 20.6 Å². The predicted molar refractivity (Wildman–Crippen MR) is 103 cm³/mol. The van der Waals surface area contributed by atoms with Gasteiger partial charge >= 0.3 is 0 Å². The highest BCUT2D eigenvalue weighted by Gasteiger charge is 2.40. The molecule has 2 fully saturated rings. The van der Waals surface area contributed by atoms with Crippen molar-refractivity contribution in [3.63, 3.8) is 0 Å². The number of nitrogens with one attached hydrogen (secondary N) is 3. The van der Waals surface area contributed by atoms with Crippen molar-refractivity contribution in [2.45, 2.75) is 58.0 Å². The lowest BCUT2D eigenvalue weighted by molar-refractivity contribution is -0.126. The van der Waals surface area contributed by atoms with Gasteiger partial charge in [0.05, 0.1) is 30.0 Å². The molecule has 2 heterocycles. The van der Waals surface area contributed by atoms with Crippen molar-refractivity contribution in [3.05, 3.63) is 27.4 Å². The summed E-state index contributed by atoms with van der Waals surface area (Å²) in [4.78, 5) is 43.6. The summed E-state index contributed by atoms with van der Waals surface area (Å²) in [6, 6.07) is -1.36. The maximum absolute atomic E-state index is 12.5. The number of aromatic nitrogens is 2. The lowest BCUT2D eigenvalue weighted by atomic mass is 10.1. The Morgan fingerprint density at radius 3 is 2.32 bits per heavy atom. The summed E-state index contributed by atoms with van der Waals surface area (Å²) in [5.41, 5.74) is 0.322. The predicted octanol–water partition coefficient (Wildman–Crippen LogP) is -0.483. The number of hydrogen-bond donors (Lipinski definition) is 3. The number of H-pyrrole nitrogens is 1. The Balaban J connectivity index is 1.67. The minimum Gasteiger partial charge on any atom is -0.350 e. The topological polar surface area (TPSA) is 138 Å². The van der Waals surface area contributed by atoms with Crippen LogP contribution in [0.2, 0.25) is 0 Å². The molecule has 1 saturated carbocycles. The minimum absolute atomic E-state index is 0.0838. The van der Waals surface area contributed by atoms with E-state index in [0.29, 0.717) is 11.5 Å². The van der Waals surface area contributed by atoms with Crippen LogP contribution in [0.15, 0.2) is 4.79 Å². The Kier molecular flexibility index (Phi) is 5.87. The van der Waals surface area contributed by atoms with Gasteiger partial charge in [-0.2, -0.15) is 0 Å². The molecule has 0 radical (unpaired) electrons. The normalized spacial score (nSPS) is 24.2. The van der Waals surface area contributed by atoms with Crippen LogP contribution in [0.25, 0.3) is 0 Å². The summed E-state index contributed by atoms with van der Waals surface area (Å²) in [6.07, 6.45) is 3.42. The third-order valence-electron chi connectivity index (χ3n) is 5.43. The molecule has 1 aliphatic carbocycles. The van der Waals surface area contributed by atoms with Gasteiger partial charge in [0.25, 0.3) is 5.56 Å². The molecule has 10 heteroatoms. The maximum atomic E-state index is 12.5. The number of hydrogen-bond acceptors (Lipinski definition) is 6. The molecule has 0 aromatic carbocycles. The van der Waals surface area contributed by atoms with Gasteiger partial charge in [0.15, 0.2) is 9.84 Å². The number of aryl methyl sites for hydroxylation is 2. The molecule has 154 valence electrons. The molecule has 3 N–H and O–H groups in total. The van der Waals surface area contributed by atoms with E-state index in [1.54, 1.807) is 13.8 Å². The first-order valence-corrected chi connectivity index (χ1v) is 11.3. The average Bonchev–Trinajstić information content (AvgIpc) is 3.19. The third-order valence-corrected chi connectivity index (χ3v) is 7.16. The number of nitrogens with zero attached hydrogens (tertiary/aromatic N) is 1. The van der Waals surface area contributed by atoms with E-state index in [4.69, 9.17) is 0 Å². The first-order valence-electron chi connectivity index (χ1n) is 9.51. The van der Waals surface area contributed by atoms with Gasteiger partial charge < -0.3 is 15.6 Å². The highest BCUT2D eigenvalue weighted by atomic mass is 32.2. The zero-order chi connectivity index (χ0) is 20.5. The Bertz CT molecular complexity index is 934. The number of aromatic amines is 1. The van der Waals surface area contributed by atoms with Crippen LogP contribution in [0, 0.1) is 19.8 Å². The molecule has 2 aliphatic rings. The fourth-order valence-corrected chi connectivity index (χ4v) is 5.86. The molecule has 0 unspecified atom stereocenters. The van der Waals surface area contributed by atoms with E-state index in [1.165, 1.54) is 0 Å². The number of rotatable bonds is 5. The van der Waals surface area contributed by atoms with Gasteiger partial charge in [-0.1, -0.05) is 12.8 Å². The van der Waals surface area contributed by atoms with Gasteiger partial charge in [-0.15, -0.1) is 0 Å². The Morgan fingerprint density at radius 1 is 1.11 bits per heavy atom. The van der Waals surface area contributed by atoms with Crippen LogP contribution in [0.4, 0.5) is 0 Å². The van der Waals surface area contributed by atoms with E-state index in [0.717, 1.165) is 25.7 Å². The SMILES string of the molecule is Cc1nc(C)c(CC(=O)N[C@@H]2CS(=O)(=O)C[C@H]2NC(=O)C2CCCC2)c(=O)[nH]1. The summed E-state index contributed by atoms with van der Waals surface area (Å²) in [6.45, 7) is 3.30. The van der Waals surface area contributed by atoms with Crippen LogP contribution in [-0.2, 0) is 25.8 Å². The van der Waals surface area contributed by atoms with Crippen molar-refractivity contribution in [3.8, 4) is 0 Å². The van der Waals surface area contributed by atoms with Crippen LogP contribution >= 0.6 is 0 Å². The van der Waals surface area contributed by atoms with Gasteiger partial charge in [0, 0.05) is 17.2 Å². The van der Waals surface area contributed by atoms with Crippen LogP contribution in [0.1, 0.15) is 42.8 Å². The number of sulfone groups is 1. The lowest BCUT2D eigenvalue weighted by Gasteiger charge is -2.22. The third kappa shape index (κ3) is 4.78. The van der Waals surface area contributed by atoms with Crippen molar-refractivity contribution >= 4 is 21.7 Å². The summed E-state index contributed by atoms with van der Waals surface area (Å²) in [7, 11) is -3.36. The molecule has 1 aliphatic heterocycles. The molecule has 9 nitrogen and oxygen atoms in total. The van der Waals surface area contributed by atoms with E-state index in [1.807, 2.05) is 0 Å². The molecule has 2 amide bonds. The zero-order valence-corrected chi connectivity index (χ0v) is 16.9. The van der Waals surface area contributed by atoms with E-state index in [9.17, 15) is 22.8 Å². The Hall–Kier alpha value is -2.23. The van der Waals surface area contributed by atoms with Crippen molar-refractivity contribution in [2.75, 3.05) is 11.5 Å². The highest BCUT2D eigenvalue weighted by Crippen LogP contribution is 2.25. The summed E-state index contributed by atoms with van der Waals surface area (Å²) >= 11 is 0. The average molecular weight is 410 g/mol. The van der Waals surface area contributed by atoms with E-state index >= 15 is 0 Å². The second-order valence-electron chi connectivity index (χ2n) is 7.74. The second-order valence-corrected chi connectivity index (χ2v) is 9.89. The van der Waals surface area contributed by atoms with E-state index < -0.39 is 27.8 Å². The van der Waals surface area contributed by atoms with Crippen molar-refractivity contribution in [1.29, 1.82) is 0 Å². The molecule has 1 saturated heterocycles. The molecule has 3 rings (SSSR count). The Labute approximate surface area is 163 Å². The molecule has 1 aromatic heterocycles.